The van der Waals surface area contributed by atoms with Crippen LogP contribution in [0.1, 0.15) is 1.37 Å². The second-order valence-electron chi connectivity index (χ2n) is 2.39. The molecule has 0 amide bonds. The van der Waals surface area contributed by atoms with E-state index in [4.69, 9.17) is 21.7 Å². The Morgan fingerprint density at radius 2 is 1.60 bits per heavy atom. The Labute approximate surface area is 105 Å². The SMILES string of the molecule is [2H]c1cccnc1-c1ccccn1.[Cl][Co][Cl]. The van der Waals surface area contributed by atoms with Gasteiger partial charge in [-0.25, -0.2) is 0 Å². The Morgan fingerprint density at radius 3 is 2.13 bits per heavy atom. The van der Waals surface area contributed by atoms with Crippen LogP contribution < -0.4 is 0 Å². The second kappa shape index (κ2) is 7.65. The van der Waals surface area contributed by atoms with Gasteiger partial charge in [0.25, 0.3) is 0 Å². The van der Waals surface area contributed by atoms with Crippen LogP contribution in [0.4, 0.5) is 0 Å². The molecule has 0 N–H and O–H groups in total. The van der Waals surface area contributed by atoms with Crippen molar-refractivity contribution in [1.82, 2.24) is 9.97 Å². The summed E-state index contributed by atoms with van der Waals surface area (Å²) in [4.78, 5) is 8.23. The third-order valence-electron chi connectivity index (χ3n) is 1.51. The minimum atomic E-state index is 0.382. The third-order valence-corrected chi connectivity index (χ3v) is 1.51. The molecule has 2 aromatic rings. The van der Waals surface area contributed by atoms with Crippen LogP contribution in [-0.4, -0.2) is 9.97 Å². The van der Waals surface area contributed by atoms with E-state index in [-0.39, 0.29) is 0 Å². The zero-order valence-electron chi connectivity index (χ0n) is 8.53. The average molecular weight is 287 g/mol. The van der Waals surface area contributed by atoms with Crippen molar-refractivity contribution in [2.75, 3.05) is 0 Å². The monoisotopic (exact) mass is 286 g/mol. The molecular weight excluding hydrogens is 278 g/mol. The van der Waals surface area contributed by atoms with Crippen molar-refractivity contribution in [2.24, 2.45) is 0 Å². The number of hydrogen-bond acceptors (Lipinski definition) is 2. The second-order valence-corrected chi connectivity index (χ2v) is 4.11. The Balaban J connectivity index is 0.000000386. The van der Waals surface area contributed by atoms with E-state index in [0.29, 0.717) is 24.6 Å². The summed E-state index contributed by atoms with van der Waals surface area (Å²) in [5.41, 5.74) is 1.37. The van der Waals surface area contributed by atoms with E-state index >= 15 is 0 Å². The molecule has 0 aliphatic carbocycles. The molecule has 0 unspecified atom stereocenters. The maximum absolute atomic E-state index is 7.61. The van der Waals surface area contributed by atoms with Crippen molar-refractivity contribution in [2.45, 2.75) is 0 Å². The van der Waals surface area contributed by atoms with Crippen molar-refractivity contribution in [3.8, 4) is 11.4 Å². The van der Waals surface area contributed by atoms with Crippen molar-refractivity contribution in [1.29, 1.82) is 0 Å². The van der Waals surface area contributed by atoms with Gasteiger partial charge in [-0.3, -0.25) is 9.97 Å². The van der Waals surface area contributed by atoms with Crippen LogP contribution in [0.3, 0.4) is 0 Å². The third kappa shape index (κ3) is 4.62. The summed E-state index contributed by atoms with van der Waals surface area (Å²) >= 11 is 0.382. The fraction of sp³-hybridized carbons (Fsp3) is 0. The van der Waals surface area contributed by atoms with Gasteiger partial charge in [-0.15, -0.1) is 0 Å². The van der Waals surface area contributed by atoms with Gasteiger partial charge in [0.1, 0.15) is 0 Å². The van der Waals surface area contributed by atoms with E-state index in [1.54, 1.807) is 24.5 Å². The normalized spacial score (nSPS) is 10.1. The Kier molecular flexibility index (Phi) is 5.55. The van der Waals surface area contributed by atoms with Crippen molar-refractivity contribution in [3.05, 3.63) is 48.8 Å². The first-order valence-electron chi connectivity index (χ1n) is 4.46. The fourth-order valence-electron chi connectivity index (χ4n) is 0.968. The van der Waals surface area contributed by atoms with Crippen LogP contribution in [0.2, 0.25) is 0 Å². The Hall–Kier alpha value is -0.614. The summed E-state index contributed by atoms with van der Waals surface area (Å²) in [5, 5.41) is 0. The Bertz CT molecular complexity index is 428. The molecule has 0 aliphatic heterocycles. The zero-order chi connectivity index (χ0) is 11.8. The quantitative estimate of drug-likeness (QED) is 0.802. The van der Waals surface area contributed by atoms with Gasteiger partial charge in [0, 0.05) is 12.4 Å². The van der Waals surface area contributed by atoms with Crippen LogP contribution in [0.5, 0.6) is 0 Å². The van der Waals surface area contributed by atoms with Gasteiger partial charge in [-0.05, 0) is 24.2 Å². The molecule has 2 nitrogen and oxygen atoms in total. The van der Waals surface area contributed by atoms with Gasteiger partial charge < -0.3 is 0 Å². The van der Waals surface area contributed by atoms with E-state index in [2.05, 4.69) is 9.97 Å². The standard InChI is InChI=1S/C10H8N2.2ClH.Co/c1-3-7-11-9(5-1)10-6-2-4-8-12-10;;;/h1-8H;2*1H;/q;;;+2/p-2/i5D;;;. The van der Waals surface area contributed by atoms with E-state index in [0.717, 1.165) is 5.69 Å². The van der Waals surface area contributed by atoms with Gasteiger partial charge in [0.05, 0.1) is 12.8 Å². The first-order chi connectivity index (χ1) is 7.79. The van der Waals surface area contributed by atoms with Gasteiger partial charge in [-0.2, -0.15) is 0 Å². The Morgan fingerprint density at radius 1 is 1.00 bits per heavy atom. The number of pyridine rings is 2. The predicted molar refractivity (Wildman–Crippen MR) is 59.2 cm³/mol. The van der Waals surface area contributed by atoms with Crippen LogP contribution >= 0.6 is 20.3 Å². The first kappa shape index (κ1) is 10.9. The van der Waals surface area contributed by atoms with E-state index in [9.17, 15) is 0 Å². The molecule has 2 rings (SSSR count). The fourth-order valence-corrected chi connectivity index (χ4v) is 0.968. The number of hydrogen-bond donors (Lipinski definition) is 0. The molecule has 0 radical (unpaired) electrons. The molecule has 2 heterocycles. The molecule has 81 valence electrons. The van der Waals surface area contributed by atoms with E-state index in [1.807, 2.05) is 18.2 Å². The minimum absolute atomic E-state index is 0.382. The molecule has 0 spiro atoms. The van der Waals surface area contributed by atoms with Crippen LogP contribution in [0.15, 0.2) is 48.8 Å². The molecule has 0 saturated carbocycles. The van der Waals surface area contributed by atoms with Gasteiger partial charge in [-0.1, -0.05) is 12.1 Å². The summed E-state index contributed by atoms with van der Waals surface area (Å²) < 4.78 is 7.61. The first-order valence-corrected chi connectivity index (χ1v) is 6.82. The van der Waals surface area contributed by atoms with Crippen molar-refractivity contribution in [3.63, 3.8) is 0 Å². The van der Waals surface area contributed by atoms with Gasteiger partial charge in [0.2, 0.25) is 0 Å². The summed E-state index contributed by atoms with van der Waals surface area (Å²) in [5.74, 6) is 0. The van der Waals surface area contributed by atoms with Crippen LogP contribution in [0, 0.1) is 0 Å². The number of rotatable bonds is 1. The zero-order valence-corrected chi connectivity index (χ0v) is 10.1. The molecule has 5 heteroatoms. The number of aromatic nitrogens is 2. The summed E-state index contributed by atoms with van der Waals surface area (Å²) in [6.45, 7) is 0. The molecule has 0 bridgehead atoms. The molecule has 2 aromatic heterocycles. The van der Waals surface area contributed by atoms with Crippen molar-refractivity contribution < 1.29 is 14.3 Å². The molecule has 0 aliphatic rings. The van der Waals surface area contributed by atoms with Crippen molar-refractivity contribution >= 4 is 20.3 Å². The number of nitrogens with zero attached hydrogens (tertiary/aromatic N) is 2. The molecule has 0 fully saturated rings. The topological polar surface area (TPSA) is 25.8 Å². The molecule has 0 saturated heterocycles. The summed E-state index contributed by atoms with van der Waals surface area (Å²) in [7, 11) is 9.47. The number of halogens is 2. The van der Waals surface area contributed by atoms with Crippen LogP contribution in [0.25, 0.3) is 11.4 Å². The van der Waals surface area contributed by atoms with E-state index < -0.39 is 0 Å². The average Bonchev–Trinajstić information content (AvgIpc) is 2.32. The van der Waals surface area contributed by atoms with Gasteiger partial charge in [0.15, 0.2) is 0 Å². The summed E-state index contributed by atoms with van der Waals surface area (Å²) in [6, 6.07) is 9.43. The van der Waals surface area contributed by atoms with E-state index in [1.165, 1.54) is 0 Å². The molecule has 15 heavy (non-hydrogen) atoms. The molecule has 0 aromatic carbocycles. The molecule has 0 atom stereocenters. The maximum atomic E-state index is 7.61. The predicted octanol–water partition coefficient (Wildman–Crippen LogP) is 3.52. The molecular formula is C10H8Cl2CoN2. The summed E-state index contributed by atoms with van der Waals surface area (Å²) in [6.07, 6.45) is 3.37. The van der Waals surface area contributed by atoms with Crippen LogP contribution in [-0.2, 0) is 12.9 Å². The van der Waals surface area contributed by atoms with Gasteiger partial charge >= 0.3 is 33.2 Å².